The van der Waals surface area contributed by atoms with Gasteiger partial charge in [-0.05, 0) is 42.9 Å². The minimum Gasteiger partial charge on any atom is -0.410 e. The van der Waals surface area contributed by atoms with Crippen LogP contribution in [0.2, 0.25) is 0 Å². The molecule has 0 spiro atoms. The van der Waals surface area contributed by atoms with Crippen molar-refractivity contribution < 1.29 is 9.53 Å². The van der Waals surface area contributed by atoms with Crippen LogP contribution in [0.3, 0.4) is 0 Å². The van der Waals surface area contributed by atoms with Crippen LogP contribution < -0.4 is 9.64 Å². The summed E-state index contributed by atoms with van der Waals surface area (Å²) in [6.07, 6.45) is 5.39. The van der Waals surface area contributed by atoms with E-state index in [9.17, 15) is 4.79 Å². The molecule has 3 aromatic rings. The SMILES string of the molecule is CN(c1ncnc2[nH]ccc12)C1CC2CN(C(=O)Oc3ccccc3)C[C@@H]2C1. The van der Waals surface area contributed by atoms with Crippen molar-refractivity contribution in [2.45, 2.75) is 18.9 Å². The molecule has 1 saturated carbocycles. The lowest BCUT2D eigenvalue weighted by Gasteiger charge is -2.27. The minimum atomic E-state index is -0.240. The third-order valence-electron chi connectivity index (χ3n) is 6.15. The van der Waals surface area contributed by atoms with Crippen molar-refractivity contribution in [2.24, 2.45) is 11.8 Å². The number of anilines is 1. The summed E-state index contributed by atoms with van der Waals surface area (Å²) >= 11 is 0. The summed E-state index contributed by atoms with van der Waals surface area (Å²) in [4.78, 5) is 28.6. The van der Waals surface area contributed by atoms with Crippen molar-refractivity contribution in [3.8, 4) is 5.75 Å². The van der Waals surface area contributed by atoms with Crippen molar-refractivity contribution in [1.29, 1.82) is 0 Å². The number of nitrogens with one attached hydrogen (secondary N) is 1. The van der Waals surface area contributed by atoms with Gasteiger partial charge in [-0.15, -0.1) is 0 Å². The molecule has 0 radical (unpaired) electrons. The van der Waals surface area contributed by atoms with Gasteiger partial charge in [0.05, 0.1) is 5.39 Å². The Hall–Kier alpha value is -3.09. The number of carbonyl (C=O) groups is 1. The molecular formula is C21H23N5O2. The fourth-order valence-electron chi connectivity index (χ4n) is 4.70. The van der Waals surface area contributed by atoms with Crippen LogP contribution in [0, 0.1) is 11.8 Å². The molecule has 2 fully saturated rings. The van der Waals surface area contributed by atoms with E-state index >= 15 is 0 Å². The summed E-state index contributed by atoms with van der Waals surface area (Å²) in [7, 11) is 2.11. The number of hydrogen-bond donors (Lipinski definition) is 1. The van der Waals surface area contributed by atoms with E-state index in [1.54, 1.807) is 6.33 Å². The van der Waals surface area contributed by atoms with E-state index in [1.807, 2.05) is 47.5 Å². The molecule has 2 aliphatic rings. The highest BCUT2D eigenvalue weighted by Crippen LogP contribution is 2.41. The van der Waals surface area contributed by atoms with Gasteiger partial charge in [0.1, 0.15) is 23.5 Å². The zero-order valence-electron chi connectivity index (χ0n) is 15.8. The van der Waals surface area contributed by atoms with Gasteiger partial charge in [-0.2, -0.15) is 0 Å². The number of fused-ring (bicyclic) bond motifs is 2. The van der Waals surface area contributed by atoms with E-state index < -0.39 is 0 Å². The largest absolute Gasteiger partial charge is 0.415 e. The number of aromatic amines is 1. The fraction of sp³-hybridized carbons (Fsp3) is 0.381. The number of benzene rings is 1. The van der Waals surface area contributed by atoms with Crippen LogP contribution in [0.15, 0.2) is 48.9 Å². The van der Waals surface area contributed by atoms with Crippen LogP contribution in [0.4, 0.5) is 10.6 Å². The highest BCUT2D eigenvalue weighted by molar-refractivity contribution is 5.87. The van der Waals surface area contributed by atoms with Crippen molar-refractivity contribution in [2.75, 3.05) is 25.0 Å². The summed E-state index contributed by atoms with van der Waals surface area (Å²) in [5, 5.41) is 1.05. The number of hydrogen-bond acceptors (Lipinski definition) is 5. The number of nitrogens with zero attached hydrogens (tertiary/aromatic N) is 4. The highest BCUT2D eigenvalue weighted by Gasteiger charge is 2.44. The molecule has 2 aromatic heterocycles. The molecular weight excluding hydrogens is 354 g/mol. The molecule has 3 atom stereocenters. The monoisotopic (exact) mass is 377 g/mol. The van der Waals surface area contributed by atoms with Crippen LogP contribution in [0.5, 0.6) is 5.75 Å². The van der Waals surface area contributed by atoms with Gasteiger partial charge in [0.2, 0.25) is 0 Å². The lowest BCUT2D eigenvalue weighted by atomic mass is 10.0. The predicted octanol–water partition coefficient (Wildman–Crippen LogP) is 3.30. The first kappa shape index (κ1) is 17.0. The maximum atomic E-state index is 12.5. The van der Waals surface area contributed by atoms with Crippen molar-refractivity contribution in [3.63, 3.8) is 0 Å². The topological polar surface area (TPSA) is 74.4 Å². The highest BCUT2D eigenvalue weighted by atomic mass is 16.6. The van der Waals surface area contributed by atoms with Crippen molar-refractivity contribution in [3.05, 3.63) is 48.9 Å². The van der Waals surface area contributed by atoms with E-state index in [0.29, 0.717) is 23.6 Å². The molecule has 144 valence electrons. The number of rotatable bonds is 3. The number of likely N-dealkylation sites (tertiary alicyclic amines) is 1. The van der Waals surface area contributed by atoms with Gasteiger partial charge in [-0.3, -0.25) is 0 Å². The van der Waals surface area contributed by atoms with E-state index in [4.69, 9.17) is 4.74 Å². The second kappa shape index (κ2) is 6.82. The Balaban J connectivity index is 1.23. The molecule has 7 nitrogen and oxygen atoms in total. The first-order valence-corrected chi connectivity index (χ1v) is 9.72. The molecule has 5 rings (SSSR count). The molecule has 1 N–H and O–H groups in total. The zero-order chi connectivity index (χ0) is 19.1. The van der Waals surface area contributed by atoms with Crippen molar-refractivity contribution >= 4 is 22.9 Å². The minimum absolute atomic E-state index is 0.240. The van der Waals surface area contributed by atoms with Crippen molar-refractivity contribution in [1.82, 2.24) is 19.9 Å². The van der Waals surface area contributed by atoms with Gasteiger partial charge in [-0.1, -0.05) is 18.2 Å². The quantitative estimate of drug-likeness (QED) is 0.758. The van der Waals surface area contributed by atoms with E-state index in [-0.39, 0.29) is 6.09 Å². The molecule has 2 unspecified atom stereocenters. The Labute approximate surface area is 163 Å². The molecule has 1 aliphatic heterocycles. The third-order valence-corrected chi connectivity index (χ3v) is 6.15. The Morgan fingerprint density at radius 3 is 2.64 bits per heavy atom. The van der Waals surface area contributed by atoms with E-state index in [1.165, 1.54) is 0 Å². The fourth-order valence-corrected chi connectivity index (χ4v) is 4.70. The summed E-state index contributed by atoms with van der Waals surface area (Å²) in [5.74, 6) is 2.59. The molecule has 1 aromatic carbocycles. The number of ether oxygens (including phenoxy) is 1. The Kier molecular flexibility index (Phi) is 4.15. The Bertz CT molecular complexity index is 975. The van der Waals surface area contributed by atoms with Gasteiger partial charge in [0.15, 0.2) is 0 Å². The first-order valence-electron chi connectivity index (χ1n) is 9.72. The first-order chi connectivity index (χ1) is 13.7. The van der Waals surface area contributed by atoms with Crippen LogP contribution in [-0.2, 0) is 0 Å². The number of H-pyrrole nitrogens is 1. The van der Waals surface area contributed by atoms with E-state index in [2.05, 4.69) is 26.9 Å². The molecule has 1 aliphatic carbocycles. The lowest BCUT2D eigenvalue weighted by molar-refractivity contribution is 0.159. The summed E-state index contributed by atoms with van der Waals surface area (Å²) in [6, 6.07) is 11.7. The Morgan fingerprint density at radius 1 is 1.14 bits per heavy atom. The number of aromatic nitrogens is 3. The average Bonchev–Trinajstić information content (AvgIpc) is 3.42. The summed E-state index contributed by atoms with van der Waals surface area (Å²) in [5.41, 5.74) is 0.866. The molecule has 1 saturated heterocycles. The predicted molar refractivity (Wildman–Crippen MR) is 106 cm³/mol. The molecule has 7 heteroatoms. The Morgan fingerprint density at radius 2 is 1.89 bits per heavy atom. The van der Waals surface area contributed by atoms with Crippen LogP contribution in [0.25, 0.3) is 11.0 Å². The number of carbonyl (C=O) groups excluding carboxylic acids is 1. The number of para-hydroxylation sites is 1. The maximum absolute atomic E-state index is 12.5. The normalized spacial score (nSPS) is 23.8. The lowest BCUT2D eigenvalue weighted by Crippen LogP contribution is -2.35. The van der Waals surface area contributed by atoms with E-state index in [0.717, 1.165) is 42.8 Å². The van der Waals surface area contributed by atoms with Gasteiger partial charge < -0.3 is 19.5 Å². The average molecular weight is 377 g/mol. The van der Waals surface area contributed by atoms with Gasteiger partial charge >= 0.3 is 6.09 Å². The molecule has 3 heterocycles. The molecule has 1 amide bonds. The maximum Gasteiger partial charge on any atom is 0.415 e. The van der Waals surface area contributed by atoms with Gasteiger partial charge in [0, 0.05) is 32.4 Å². The molecule has 0 bridgehead atoms. The van der Waals surface area contributed by atoms with Crippen LogP contribution in [-0.4, -0.2) is 52.1 Å². The standard InChI is InChI=1S/C21H23N5O2/c1-25(20-18-7-8-22-19(18)23-13-24-20)16-9-14-11-26(12-15(14)10-16)21(27)28-17-5-3-2-4-6-17/h2-8,13-16H,9-12H2,1H3,(H,22,23,24)/t14-,15?,16?/m0/s1. The third kappa shape index (κ3) is 2.96. The number of amides is 1. The van der Waals surface area contributed by atoms with Gasteiger partial charge in [0.25, 0.3) is 0 Å². The zero-order valence-corrected chi connectivity index (χ0v) is 15.8. The molecule has 28 heavy (non-hydrogen) atoms. The second-order valence-electron chi connectivity index (χ2n) is 7.78. The summed E-state index contributed by atoms with van der Waals surface area (Å²) < 4.78 is 5.50. The smallest absolute Gasteiger partial charge is 0.410 e. The van der Waals surface area contributed by atoms with Gasteiger partial charge in [-0.25, -0.2) is 14.8 Å². The van der Waals surface area contributed by atoms with Crippen LogP contribution in [0.1, 0.15) is 12.8 Å². The second-order valence-corrected chi connectivity index (χ2v) is 7.78. The van der Waals surface area contributed by atoms with Crippen LogP contribution >= 0.6 is 0 Å². The summed E-state index contributed by atoms with van der Waals surface area (Å²) in [6.45, 7) is 1.54.